The smallest absolute Gasteiger partial charge is 0.0806 e. The second kappa shape index (κ2) is 5.92. The zero-order chi connectivity index (χ0) is 11.2. The standard InChI is InChI=1S/C12H18N2O2/c15-12(10-6-7-13-14-9-10)5-1-3-11-4-2-8-16-11/h6-7,9,11-12,15H,1-5,8H2. The van der Waals surface area contributed by atoms with Crippen molar-refractivity contribution in [1.29, 1.82) is 0 Å². The first-order valence-corrected chi connectivity index (χ1v) is 5.92. The van der Waals surface area contributed by atoms with Crippen LogP contribution in [0.2, 0.25) is 0 Å². The summed E-state index contributed by atoms with van der Waals surface area (Å²) in [4.78, 5) is 0. The summed E-state index contributed by atoms with van der Waals surface area (Å²) in [5.74, 6) is 0. The highest BCUT2D eigenvalue weighted by Gasteiger charge is 2.16. The van der Waals surface area contributed by atoms with Crippen molar-refractivity contribution in [2.75, 3.05) is 6.61 Å². The predicted molar refractivity (Wildman–Crippen MR) is 59.8 cm³/mol. The molecule has 1 fully saturated rings. The number of ether oxygens (including phenoxy) is 1. The van der Waals surface area contributed by atoms with Crippen LogP contribution in [0.3, 0.4) is 0 Å². The molecule has 1 N–H and O–H groups in total. The van der Waals surface area contributed by atoms with E-state index in [2.05, 4.69) is 10.2 Å². The quantitative estimate of drug-likeness (QED) is 0.826. The summed E-state index contributed by atoms with van der Waals surface area (Å²) in [5.41, 5.74) is 0.849. The molecule has 0 spiro atoms. The number of nitrogens with zero attached hydrogens (tertiary/aromatic N) is 2. The zero-order valence-corrected chi connectivity index (χ0v) is 9.38. The van der Waals surface area contributed by atoms with Crippen molar-refractivity contribution in [2.24, 2.45) is 0 Å². The fourth-order valence-electron chi connectivity index (χ4n) is 2.08. The van der Waals surface area contributed by atoms with E-state index in [1.54, 1.807) is 12.4 Å². The molecule has 2 rings (SSSR count). The maximum Gasteiger partial charge on any atom is 0.0806 e. The first-order valence-electron chi connectivity index (χ1n) is 5.92. The molecule has 0 aliphatic carbocycles. The first-order chi connectivity index (χ1) is 7.86. The van der Waals surface area contributed by atoms with Crippen LogP contribution >= 0.6 is 0 Å². The van der Waals surface area contributed by atoms with Crippen LogP contribution < -0.4 is 0 Å². The number of hydrogen-bond acceptors (Lipinski definition) is 4. The van der Waals surface area contributed by atoms with Crippen LogP contribution in [0.15, 0.2) is 18.5 Å². The minimum Gasteiger partial charge on any atom is -0.388 e. The molecule has 0 bridgehead atoms. The Kier molecular flexibility index (Phi) is 4.25. The lowest BCUT2D eigenvalue weighted by molar-refractivity contribution is 0.0944. The van der Waals surface area contributed by atoms with Crippen LogP contribution in [-0.4, -0.2) is 28.0 Å². The molecule has 0 aromatic carbocycles. The van der Waals surface area contributed by atoms with E-state index in [9.17, 15) is 5.11 Å². The van der Waals surface area contributed by atoms with Crippen molar-refractivity contribution in [2.45, 2.75) is 44.3 Å². The SMILES string of the molecule is OC(CCCC1CCCO1)c1ccnnc1. The average molecular weight is 222 g/mol. The molecule has 0 radical (unpaired) electrons. The van der Waals surface area contributed by atoms with Gasteiger partial charge in [-0.15, -0.1) is 0 Å². The van der Waals surface area contributed by atoms with E-state index < -0.39 is 6.10 Å². The monoisotopic (exact) mass is 222 g/mol. The van der Waals surface area contributed by atoms with Gasteiger partial charge in [-0.05, 0) is 38.2 Å². The lowest BCUT2D eigenvalue weighted by atomic mass is 10.0. The lowest BCUT2D eigenvalue weighted by Gasteiger charge is -2.12. The van der Waals surface area contributed by atoms with E-state index in [1.807, 2.05) is 6.07 Å². The van der Waals surface area contributed by atoms with E-state index in [0.717, 1.165) is 31.4 Å². The van der Waals surface area contributed by atoms with Crippen molar-refractivity contribution in [1.82, 2.24) is 10.2 Å². The fourth-order valence-corrected chi connectivity index (χ4v) is 2.08. The van der Waals surface area contributed by atoms with Crippen LogP contribution in [-0.2, 0) is 4.74 Å². The van der Waals surface area contributed by atoms with Crippen LogP contribution in [0.25, 0.3) is 0 Å². The van der Waals surface area contributed by atoms with E-state index in [1.165, 1.54) is 12.8 Å². The Balaban J connectivity index is 1.69. The summed E-state index contributed by atoms with van der Waals surface area (Å²) in [6, 6.07) is 1.81. The van der Waals surface area contributed by atoms with Gasteiger partial charge in [-0.2, -0.15) is 10.2 Å². The highest BCUT2D eigenvalue weighted by atomic mass is 16.5. The van der Waals surface area contributed by atoms with Crippen molar-refractivity contribution in [3.8, 4) is 0 Å². The number of rotatable bonds is 5. The van der Waals surface area contributed by atoms with Gasteiger partial charge in [-0.25, -0.2) is 0 Å². The van der Waals surface area contributed by atoms with Gasteiger partial charge in [-0.1, -0.05) is 0 Å². The number of hydrogen-bond donors (Lipinski definition) is 1. The highest BCUT2D eigenvalue weighted by molar-refractivity contribution is 5.08. The summed E-state index contributed by atoms with van der Waals surface area (Å²) in [5, 5.41) is 17.3. The van der Waals surface area contributed by atoms with Crippen LogP contribution in [0.1, 0.15) is 43.8 Å². The predicted octanol–water partition coefficient (Wildman–Crippen LogP) is 1.86. The molecule has 88 valence electrons. The van der Waals surface area contributed by atoms with Crippen molar-refractivity contribution in [3.05, 3.63) is 24.0 Å². The second-order valence-electron chi connectivity index (χ2n) is 4.26. The van der Waals surface area contributed by atoms with Gasteiger partial charge < -0.3 is 9.84 Å². The molecule has 2 heterocycles. The molecular weight excluding hydrogens is 204 g/mol. The van der Waals surface area contributed by atoms with Crippen molar-refractivity contribution in [3.63, 3.8) is 0 Å². The Labute approximate surface area is 95.7 Å². The van der Waals surface area contributed by atoms with Gasteiger partial charge in [0, 0.05) is 18.4 Å². The van der Waals surface area contributed by atoms with Gasteiger partial charge in [-0.3, -0.25) is 0 Å². The maximum atomic E-state index is 9.89. The average Bonchev–Trinajstić information content (AvgIpc) is 2.83. The summed E-state index contributed by atoms with van der Waals surface area (Å²) in [6.45, 7) is 0.904. The zero-order valence-electron chi connectivity index (χ0n) is 9.38. The Morgan fingerprint density at radius 1 is 1.50 bits per heavy atom. The molecule has 1 aliphatic rings. The van der Waals surface area contributed by atoms with Crippen molar-refractivity contribution >= 4 is 0 Å². The fraction of sp³-hybridized carbons (Fsp3) is 0.667. The highest BCUT2D eigenvalue weighted by Crippen LogP contribution is 2.22. The molecule has 1 aromatic rings. The summed E-state index contributed by atoms with van der Waals surface area (Å²) < 4.78 is 5.54. The minimum absolute atomic E-state index is 0.419. The molecule has 4 nitrogen and oxygen atoms in total. The third kappa shape index (κ3) is 3.25. The molecule has 1 saturated heterocycles. The molecule has 2 atom stereocenters. The van der Waals surface area contributed by atoms with Gasteiger partial charge in [0.15, 0.2) is 0 Å². The molecule has 0 amide bonds. The molecule has 4 heteroatoms. The van der Waals surface area contributed by atoms with Crippen LogP contribution in [0, 0.1) is 0 Å². The molecule has 0 saturated carbocycles. The van der Waals surface area contributed by atoms with Crippen LogP contribution in [0.4, 0.5) is 0 Å². The van der Waals surface area contributed by atoms with Gasteiger partial charge in [0.2, 0.25) is 0 Å². The minimum atomic E-state index is -0.420. The molecule has 2 unspecified atom stereocenters. The topological polar surface area (TPSA) is 55.2 Å². The molecular formula is C12H18N2O2. The molecule has 16 heavy (non-hydrogen) atoms. The van der Waals surface area contributed by atoms with Gasteiger partial charge in [0.1, 0.15) is 0 Å². The first kappa shape index (κ1) is 11.5. The number of aromatic nitrogens is 2. The number of aliphatic hydroxyl groups is 1. The third-order valence-corrected chi connectivity index (χ3v) is 3.02. The summed E-state index contributed by atoms with van der Waals surface area (Å²) in [6.07, 6.45) is 8.40. The van der Waals surface area contributed by atoms with E-state index in [4.69, 9.17) is 4.74 Å². The third-order valence-electron chi connectivity index (χ3n) is 3.02. The Bertz CT molecular complexity index is 299. The van der Waals surface area contributed by atoms with E-state index in [-0.39, 0.29) is 0 Å². The Morgan fingerprint density at radius 3 is 3.12 bits per heavy atom. The van der Waals surface area contributed by atoms with Gasteiger partial charge in [0.05, 0.1) is 18.4 Å². The lowest BCUT2D eigenvalue weighted by Crippen LogP contribution is -2.06. The number of aliphatic hydroxyl groups excluding tert-OH is 1. The van der Waals surface area contributed by atoms with Crippen LogP contribution in [0.5, 0.6) is 0 Å². The summed E-state index contributed by atoms with van der Waals surface area (Å²) in [7, 11) is 0. The van der Waals surface area contributed by atoms with E-state index >= 15 is 0 Å². The van der Waals surface area contributed by atoms with Crippen molar-refractivity contribution < 1.29 is 9.84 Å². The normalized spacial score (nSPS) is 22.2. The maximum absolute atomic E-state index is 9.89. The van der Waals surface area contributed by atoms with Gasteiger partial charge >= 0.3 is 0 Å². The largest absolute Gasteiger partial charge is 0.388 e. The van der Waals surface area contributed by atoms with E-state index in [0.29, 0.717) is 6.10 Å². The Hall–Kier alpha value is -1.00. The second-order valence-corrected chi connectivity index (χ2v) is 4.26. The van der Waals surface area contributed by atoms with Gasteiger partial charge in [0.25, 0.3) is 0 Å². The molecule has 1 aliphatic heterocycles. The Morgan fingerprint density at radius 2 is 2.44 bits per heavy atom. The molecule has 1 aromatic heterocycles. The summed E-state index contributed by atoms with van der Waals surface area (Å²) >= 11 is 0.